The van der Waals surface area contributed by atoms with Gasteiger partial charge in [0.05, 0.1) is 5.56 Å². The normalized spacial score (nSPS) is 10.7. The van der Waals surface area contributed by atoms with Crippen molar-refractivity contribution in [1.82, 2.24) is 9.97 Å². The average Bonchev–Trinajstić information content (AvgIpc) is 2.39. The van der Waals surface area contributed by atoms with Crippen LogP contribution in [0.15, 0.2) is 22.9 Å². The van der Waals surface area contributed by atoms with Gasteiger partial charge in [-0.25, -0.2) is 14.4 Å². The van der Waals surface area contributed by atoms with Crippen LogP contribution in [-0.2, 0) is 6.42 Å². The van der Waals surface area contributed by atoms with Crippen LogP contribution in [0.2, 0.25) is 5.15 Å². The lowest BCUT2D eigenvalue weighted by atomic mass is 10.2. The highest BCUT2D eigenvalue weighted by molar-refractivity contribution is 9.10. The minimum absolute atomic E-state index is 0.128. The Balaban J connectivity index is 2.42. The van der Waals surface area contributed by atoms with Crippen LogP contribution in [0, 0.1) is 11.6 Å². The molecule has 0 aliphatic carbocycles. The average molecular weight is 364 g/mol. The number of hydrogen-bond acceptors (Lipinski definition) is 3. The second-order valence-corrected chi connectivity index (χ2v) is 5.27. The van der Waals surface area contributed by atoms with Crippen LogP contribution in [-0.4, -0.2) is 9.97 Å². The fourth-order valence-electron chi connectivity index (χ4n) is 1.63. The first-order chi connectivity index (χ1) is 9.52. The molecular weight excluding hydrogens is 354 g/mol. The van der Waals surface area contributed by atoms with Gasteiger partial charge in [-0.2, -0.15) is 4.39 Å². The summed E-state index contributed by atoms with van der Waals surface area (Å²) in [5, 5.41) is 0.243. The SMILES string of the molecule is CCCc1c(Cl)ncnc1Oc1cc(Br)cc(F)c1F. The minimum Gasteiger partial charge on any atom is -0.435 e. The van der Waals surface area contributed by atoms with E-state index in [0.717, 1.165) is 12.5 Å². The van der Waals surface area contributed by atoms with Crippen LogP contribution < -0.4 is 4.74 Å². The van der Waals surface area contributed by atoms with E-state index in [1.165, 1.54) is 12.4 Å². The van der Waals surface area contributed by atoms with Gasteiger partial charge in [0.25, 0.3) is 0 Å². The third-order valence-electron chi connectivity index (χ3n) is 2.52. The maximum absolute atomic E-state index is 13.7. The highest BCUT2D eigenvalue weighted by atomic mass is 79.9. The van der Waals surface area contributed by atoms with E-state index in [1.807, 2.05) is 6.92 Å². The van der Waals surface area contributed by atoms with Crippen molar-refractivity contribution in [3.63, 3.8) is 0 Å². The first kappa shape index (κ1) is 15.1. The van der Waals surface area contributed by atoms with E-state index in [-0.39, 0.29) is 16.8 Å². The Morgan fingerprint density at radius 2 is 2.05 bits per heavy atom. The monoisotopic (exact) mass is 362 g/mol. The number of hydrogen-bond donors (Lipinski definition) is 0. The molecule has 7 heteroatoms. The molecule has 1 heterocycles. The Morgan fingerprint density at radius 3 is 2.75 bits per heavy atom. The predicted octanol–water partition coefficient (Wildman–Crippen LogP) is 4.92. The van der Waals surface area contributed by atoms with Crippen molar-refractivity contribution in [3.8, 4) is 11.6 Å². The van der Waals surface area contributed by atoms with E-state index in [9.17, 15) is 8.78 Å². The zero-order valence-corrected chi connectivity index (χ0v) is 12.8. The molecule has 2 rings (SSSR count). The number of nitrogens with zero attached hydrogens (tertiary/aromatic N) is 2. The van der Waals surface area contributed by atoms with Gasteiger partial charge in [-0.15, -0.1) is 0 Å². The summed E-state index contributed by atoms with van der Waals surface area (Å²) in [5.74, 6) is -2.22. The van der Waals surface area contributed by atoms with Crippen molar-refractivity contribution in [3.05, 3.63) is 45.3 Å². The summed E-state index contributed by atoms with van der Waals surface area (Å²) < 4.78 is 32.7. The molecule has 20 heavy (non-hydrogen) atoms. The number of aromatic nitrogens is 2. The zero-order chi connectivity index (χ0) is 14.7. The van der Waals surface area contributed by atoms with E-state index in [1.54, 1.807) is 0 Å². The fourth-order valence-corrected chi connectivity index (χ4v) is 2.26. The van der Waals surface area contributed by atoms with Crippen LogP contribution in [0.4, 0.5) is 8.78 Å². The van der Waals surface area contributed by atoms with Crippen LogP contribution in [0.1, 0.15) is 18.9 Å². The molecule has 1 aromatic carbocycles. The molecule has 0 saturated heterocycles. The molecule has 0 spiro atoms. The van der Waals surface area contributed by atoms with Gasteiger partial charge in [0, 0.05) is 4.47 Å². The van der Waals surface area contributed by atoms with Gasteiger partial charge in [-0.05, 0) is 18.6 Å². The highest BCUT2D eigenvalue weighted by Gasteiger charge is 2.16. The molecule has 0 bridgehead atoms. The minimum atomic E-state index is -1.08. The molecule has 0 saturated carbocycles. The van der Waals surface area contributed by atoms with Crippen molar-refractivity contribution in [1.29, 1.82) is 0 Å². The predicted molar refractivity (Wildman–Crippen MR) is 75.2 cm³/mol. The molecule has 0 fully saturated rings. The Hall–Kier alpha value is -1.27. The number of halogens is 4. The van der Waals surface area contributed by atoms with E-state index in [0.29, 0.717) is 16.5 Å². The van der Waals surface area contributed by atoms with Crippen molar-refractivity contribution in [2.75, 3.05) is 0 Å². The summed E-state index contributed by atoms with van der Waals surface area (Å²) in [7, 11) is 0. The van der Waals surface area contributed by atoms with Crippen molar-refractivity contribution < 1.29 is 13.5 Å². The molecule has 0 aliphatic rings. The zero-order valence-electron chi connectivity index (χ0n) is 10.5. The van der Waals surface area contributed by atoms with Crippen LogP contribution in [0.25, 0.3) is 0 Å². The van der Waals surface area contributed by atoms with E-state index >= 15 is 0 Å². The quantitative estimate of drug-likeness (QED) is 0.571. The van der Waals surface area contributed by atoms with Gasteiger partial charge in [0.15, 0.2) is 11.6 Å². The maximum Gasteiger partial charge on any atom is 0.227 e. The second kappa shape index (κ2) is 6.45. The Kier molecular flexibility index (Phi) is 4.88. The van der Waals surface area contributed by atoms with Crippen molar-refractivity contribution in [2.24, 2.45) is 0 Å². The summed E-state index contributed by atoms with van der Waals surface area (Å²) in [5.41, 5.74) is 0.566. The van der Waals surface area contributed by atoms with Gasteiger partial charge < -0.3 is 4.74 Å². The topological polar surface area (TPSA) is 35.0 Å². The molecule has 0 N–H and O–H groups in total. The molecule has 0 radical (unpaired) electrons. The lowest BCUT2D eigenvalue weighted by Crippen LogP contribution is -2.00. The summed E-state index contributed by atoms with van der Waals surface area (Å²) >= 11 is 9.05. The van der Waals surface area contributed by atoms with Gasteiger partial charge in [0.2, 0.25) is 11.7 Å². The first-order valence-electron chi connectivity index (χ1n) is 5.84. The third-order valence-corrected chi connectivity index (χ3v) is 3.30. The molecule has 0 atom stereocenters. The van der Waals surface area contributed by atoms with Gasteiger partial charge in [-0.3, -0.25) is 0 Å². The number of rotatable bonds is 4. The second-order valence-electron chi connectivity index (χ2n) is 4.00. The molecule has 106 valence electrons. The highest BCUT2D eigenvalue weighted by Crippen LogP contribution is 2.32. The fraction of sp³-hybridized carbons (Fsp3) is 0.231. The maximum atomic E-state index is 13.7. The molecule has 1 aromatic heterocycles. The van der Waals surface area contributed by atoms with Crippen LogP contribution in [0.3, 0.4) is 0 Å². The Labute approximate surface area is 128 Å². The Bertz CT molecular complexity index is 640. The summed E-state index contributed by atoms with van der Waals surface area (Å²) in [6.45, 7) is 1.95. The van der Waals surface area contributed by atoms with Crippen LogP contribution >= 0.6 is 27.5 Å². The van der Waals surface area contributed by atoms with Gasteiger partial charge in [-0.1, -0.05) is 40.9 Å². The van der Waals surface area contributed by atoms with Crippen molar-refractivity contribution >= 4 is 27.5 Å². The lowest BCUT2D eigenvalue weighted by molar-refractivity contribution is 0.400. The van der Waals surface area contributed by atoms with Gasteiger partial charge >= 0.3 is 0 Å². The van der Waals surface area contributed by atoms with Crippen molar-refractivity contribution in [2.45, 2.75) is 19.8 Å². The molecule has 0 amide bonds. The van der Waals surface area contributed by atoms with E-state index in [4.69, 9.17) is 16.3 Å². The molecular formula is C13H10BrClF2N2O. The smallest absolute Gasteiger partial charge is 0.227 e. The molecule has 2 aromatic rings. The van der Waals surface area contributed by atoms with Gasteiger partial charge in [0.1, 0.15) is 11.5 Å². The first-order valence-corrected chi connectivity index (χ1v) is 7.01. The third kappa shape index (κ3) is 3.24. The summed E-state index contributed by atoms with van der Waals surface area (Å²) in [6, 6.07) is 2.34. The molecule has 3 nitrogen and oxygen atoms in total. The number of ether oxygens (including phenoxy) is 1. The number of benzene rings is 1. The summed E-state index contributed by atoms with van der Waals surface area (Å²) in [6.07, 6.45) is 2.58. The molecule has 0 unspecified atom stereocenters. The Morgan fingerprint density at radius 1 is 1.30 bits per heavy atom. The largest absolute Gasteiger partial charge is 0.435 e. The van der Waals surface area contributed by atoms with E-state index in [2.05, 4.69) is 25.9 Å². The van der Waals surface area contributed by atoms with E-state index < -0.39 is 11.6 Å². The summed E-state index contributed by atoms with van der Waals surface area (Å²) in [4.78, 5) is 7.79. The lowest BCUT2D eigenvalue weighted by Gasteiger charge is -2.11. The van der Waals surface area contributed by atoms with Crippen LogP contribution in [0.5, 0.6) is 11.6 Å². The standard InChI is InChI=1S/C13H10BrClF2N2O/c1-2-3-8-12(15)18-6-19-13(8)20-10-5-7(14)4-9(16)11(10)17/h4-6H,2-3H2,1H3. The molecule has 0 aliphatic heterocycles.